The number of hydrogen-bond acceptors (Lipinski definition) is 11. The molecule has 0 saturated carbocycles. The number of rotatable bonds is 6. The third-order valence-corrected chi connectivity index (χ3v) is 4.70. The van der Waals surface area contributed by atoms with E-state index in [0.717, 1.165) is 6.92 Å². The molecule has 2 saturated heterocycles. The Kier molecular flexibility index (Phi) is 8.10. The van der Waals surface area contributed by atoms with Gasteiger partial charge in [-0.3, -0.25) is 4.79 Å². The summed E-state index contributed by atoms with van der Waals surface area (Å²) < 4.78 is 16.0. The zero-order valence-electron chi connectivity index (χ0n) is 15.4. The van der Waals surface area contributed by atoms with E-state index < -0.39 is 86.5 Å². The van der Waals surface area contributed by atoms with Crippen molar-refractivity contribution in [3.8, 4) is 0 Å². The zero-order chi connectivity index (χ0) is 21.9. The number of aliphatic hydroxyl groups excluding tert-OH is 6. The first-order chi connectivity index (χ1) is 13.6. The molecule has 14 nitrogen and oxygen atoms in total. The first kappa shape index (κ1) is 23.7. The number of amides is 2. The third-order valence-electron chi connectivity index (χ3n) is 4.70. The number of carbonyl (C=O) groups is 2. The van der Waals surface area contributed by atoms with Crippen molar-refractivity contribution in [1.29, 1.82) is 0 Å². The fourth-order valence-electron chi connectivity index (χ4n) is 3.29. The molecule has 29 heavy (non-hydrogen) atoms. The van der Waals surface area contributed by atoms with Crippen LogP contribution in [0.15, 0.2) is 0 Å². The maximum atomic E-state index is 11.3. The van der Waals surface area contributed by atoms with Gasteiger partial charge in [-0.1, -0.05) is 0 Å². The molecule has 2 aliphatic rings. The van der Waals surface area contributed by atoms with Crippen LogP contribution >= 0.6 is 0 Å². The summed E-state index contributed by atoms with van der Waals surface area (Å²) in [6, 6.07) is -2.89. The molecule has 0 aliphatic carbocycles. The molecular weight excluding hydrogens is 400 g/mol. The van der Waals surface area contributed by atoms with Crippen LogP contribution in [0.5, 0.6) is 0 Å². The molecule has 0 radical (unpaired) electrons. The highest BCUT2D eigenvalue weighted by Gasteiger charge is 2.51. The summed E-state index contributed by atoms with van der Waals surface area (Å²) in [5, 5.41) is 72.6. The molecular formula is C15H26N2O12. The number of hydrogen-bond donors (Lipinski definition) is 9. The number of nitrogens with one attached hydrogen (secondary N) is 2. The lowest BCUT2D eigenvalue weighted by Crippen LogP contribution is -2.69. The Balaban J connectivity index is 2.26. The van der Waals surface area contributed by atoms with Gasteiger partial charge < -0.3 is 60.6 Å². The minimum absolute atomic E-state index is 0.601. The van der Waals surface area contributed by atoms with Crippen LogP contribution in [0.4, 0.5) is 4.79 Å². The summed E-state index contributed by atoms with van der Waals surface area (Å²) in [6.45, 7) is -0.337. The largest absolute Gasteiger partial charge is 0.465 e. The van der Waals surface area contributed by atoms with E-state index >= 15 is 0 Å². The van der Waals surface area contributed by atoms with Crippen LogP contribution in [0.25, 0.3) is 0 Å². The van der Waals surface area contributed by atoms with Crippen LogP contribution < -0.4 is 10.6 Å². The van der Waals surface area contributed by atoms with E-state index in [9.17, 15) is 40.2 Å². The molecule has 2 fully saturated rings. The molecule has 9 N–H and O–H groups in total. The molecule has 14 heteroatoms. The summed E-state index contributed by atoms with van der Waals surface area (Å²) in [4.78, 5) is 22.4. The molecule has 0 aromatic carbocycles. The van der Waals surface area contributed by atoms with Crippen molar-refractivity contribution in [2.75, 3.05) is 13.2 Å². The van der Waals surface area contributed by atoms with Gasteiger partial charge in [-0.25, -0.2) is 4.79 Å². The van der Waals surface area contributed by atoms with Gasteiger partial charge in [0.2, 0.25) is 5.91 Å². The van der Waals surface area contributed by atoms with E-state index in [-0.39, 0.29) is 0 Å². The first-order valence-corrected chi connectivity index (χ1v) is 8.77. The van der Waals surface area contributed by atoms with Crippen LogP contribution in [-0.2, 0) is 19.0 Å². The highest BCUT2D eigenvalue weighted by Crippen LogP contribution is 2.28. The number of carboxylic acid groups (broad SMARTS) is 1. The molecule has 168 valence electrons. The van der Waals surface area contributed by atoms with Crippen LogP contribution in [0.2, 0.25) is 0 Å². The van der Waals surface area contributed by atoms with E-state index in [1.807, 2.05) is 5.32 Å². The average molecular weight is 426 g/mol. The summed E-state index contributed by atoms with van der Waals surface area (Å²) in [5.41, 5.74) is 0. The second kappa shape index (κ2) is 9.92. The Morgan fingerprint density at radius 2 is 1.52 bits per heavy atom. The van der Waals surface area contributed by atoms with Crippen molar-refractivity contribution >= 4 is 12.0 Å². The highest BCUT2D eigenvalue weighted by molar-refractivity contribution is 5.73. The maximum Gasteiger partial charge on any atom is 0.405 e. The Labute approximate surface area is 164 Å². The van der Waals surface area contributed by atoms with Gasteiger partial charge >= 0.3 is 6.09 Å². The van der Waals surface area contributed by atoms with E-state index in [2.05, 4.69) is 5.32 Å². The van der Waals surface area contributed by atoms with Gasteiger partial charge in [0.05, 0.1) is 13.2 Å². The molecule has 0 aromatic rings. The summed E-state index contributed by atoms with van der Waals surface area (Å²) in [6.07, 6.45) is -14.0. The fraction of sp³-hybridized carbons (Fsp3) is 0.867. The standard InChI is InChI=1S/C15H26N2O12/c1-4(20)16-7-11(23)12(6(3-19)27-13(7)24)29-14-8(17-15(25)26)10(22)9(21)5(2-18)28-14/h5-14,17-19,21-24H,2-3H2,1H3,(H,16,20)(H,25,26)/t5-,6-,7-,8-,9-,10-,11-,12-,13-,14+/m1/s1. The number of carbonyl (C=O) groups excluding carboxylic acids is 1. The molecule has 2 amide bonds. The lowest BCUT2D eigenvalue weighted by atomic mass is 9.94. The molecule has 0 spiro atoms. The predicted octanol–water partition coefficient (Wildman–Crippen LogP) is -4.98. The van der Waals surface area contributed by atoms with Crippen molar-refractivity contribution in [2.24, 2.45) is 0 Å². The van der Waals surface area contributed by atoms with Crippen molar-refractivity contribution in [2.45, 2.75) is 68.2 Å². The predicted molar refractivity (Wildman–Crippen MR) is 89.2 cm³/mol. The first-order valence-electron chi connectivity index (χ1n) is 8.77. The zero-order valence-corrected chi connectivity index (χ0v) is 15.4. The summed E-state index contributed by atoms with van der Waals surface area (Å²) in [5.74, 6) is -0.601. The third kappa shape index (κ3) is 5.30. The lowest BCUT2D eigenvalue weighted by molar-refractivity contribution is -0.327. The molecule has 0 unspecified atom stereocenters. The van der Waals surface area contributed by atoms with Crippen molar-refractivity contribution in [3.63, 3.8) is 0 Å². The molecule has 0 bridgehead atoms. The van der Waals surface area contributed by atoms with Crippen LogP contribution in [0.1, 0.15) is 6.92 Å². The summed E-state index contributed by atoms with van der Waals surface area (Å²) in [7, 11) is 0. The molecule has 2 heterocycles. The second-order valence-electron chi connectivity index (χ2n) is 6.75. The van der Waals surface area contributed by atoms with Crippen molar-refractivity contribution in [3.05, 3.63) is 0 Å². The molecule has 2 aliphatic heterocycles. The lowest BCUT2D eigenvalue weighted by Gasteiger charge is -2.47. The van der Waals surface area contributed by atoms with E-state index in [0.29, 0.717) is 0 Å². The van der Waals surface area contributed by atoms with E-state index in [4.69, 9.17) is 19.3 Å². The topological polar surface area (TPSA) is 227 Å². The summed E-state index contributed by atoms with van der Waals surface area (Å²) >= 11 is 0. The minimum Gasteiger partial charge on any atom is -0.465 e. The van der Waals surface area contributed by atoms with Crippen LogP contribution in [0.3, 0.4) is 0 Å². The second-order valence-corrected chi connectivity index (χ2v) is 6.75. The smallest absolute Gasteiger partial charge is 0.405 e. The number of aliphatic hydroxyl groups is 6. The van der Waals surface area contributed by atoms with Crippen molar-refractivity contribution < 1.29 is 59.5 Å². The Morgan fingerprint density at radius 1 is 0.897 bits per heavy atom. The van der Waals surface area contributed by atoms with Crippen LogP contribution in [-0.4, -0.2) is 122 Å². The van der Waals surface area contributed by atoms with Gasteiger partial charge in [0.15, 0.2) is 12.6 Å². The number of ether oxygens (including phenoxy) is 3. The average Bonchev–Trinajstić information content (AvgIpc) is 2.65. The van der Waals surface area contributed by atoms with Gasteiger partial charge in [-0.2, -0.15) is 0 Å². The monoisotopic (exact) mass is 426 g/mol. The van der Waals surface area contributed by atoms with Gasteiger partial charge in [-0.05, 0) is 0 Å². The Hall–Kier alpha value is -1.62. The van der Waals surface area contributed by atoms with E-state index in [1.54, 1.807) is 0 Å². The minimum atomic E-state index is -1.74. The quantitative estimate of drug-likeness (QED) is 0.194. The van der Waals surface area contributed by atoms with Gasteiger partial charge in [0.1, 0.15) is 48.7 Å². The fourth-order valence-corrected chi connectivity index (χ4v) is 3.29. The van der Waals surface area contributed by atoms with Gasteiger partial charge in [-0.15, -0.1) is 0 Å². The molecule has 10 atom stereocenters. The SMILES string of the molecule is CC(=O)N[C@@H]1[C@@H](O)[C@H](O[C@@H]2O[C@H](CO)[C@@H](O)[C@H](O)[C@H]2NC(=O)O)[C@@H](CO)O[C@H]1O. The molecule has 0 aromatic heterocycles. The maximum absolute atomic E-state index is 11.3. The van der Waals surface area contributed by atoms with Gasteiger partial charge in [0, 0.05) is 6.92 Å². The molecule has 2 rings (SSSR count). The van der Waals surface area contributed by atoms with Crippen molar-refractivity contribution in [1.82, 2.24) is 10.6 Å². The van der Waals surface area contributed by atoms with E-state index in [1.165, 1.54) is 0 Å². The normalized spacial score (nSPS) is 42.9. The van der Waals surface area contributed by atoms with Crippen LogP contribution in [0, 0.1) is 0 Å². The Bertz CT molecular complexity index is 580. The Morgan fingerprint density at radius 3 is 2.03 bits per heavy atom. The van der Waals surface area contributed by atoms with Gasteiger partial charge in [0.25, 0.3) is 0 Å². The highest BCUT2D eigenvalue weighted by atomic mass is 16.7.